The van der Waals surface area contributed by atoms with Gasteiger partial charge in [0.05, 0.1) is 13.2 Å². The van der Waals surface area contributed by atoms with Crippen LogP contribution in [0.4, 0.5) is 0 Å². The molecule has 0 aromatic carbocycles. The molecule has 0 fully saturated rings. The maximum Gasteiger partial charge on any atom is 0.120 e. The van der Waals surface area contributed by atoms with Crippen LogP contribution in [0.15, 0.2) is 75.9 Å². The van der Waals surface area contributed by atoms with Gasteiger partial charge in [0.1, 0.15) is 24.2 Å². The molecule has 0 aliphatic carbocycles. The van der Waals surface area contributed by atoms with E-state index in [1.807, 2.05) is 24.3 Å². The van der Waals surface area contributed by atoms with Gasteiger partial charge in [-0.2, -0.15) is 0 Å². The van der Waals surface area contributed by atoms with Crippen LogP contribution < -0.4 is 17.0 Å². The Labute approximate surface area is 177 Å². The van der Waals surface area contributed by atoms with E-state index in [4.69, 9.17) is 0 Å². The Morgan fingerprint density at radius 2 is 1.11 bits per heavy atom. The molecule has 1 atom stereocenters. The first-order chi connectivity index (χ1) is 12.4. The third-order valence-electron chi connectivity index (χ3n) is 5.23. The minimum absolute atomic E-state index is 0. The molecule has 154 valence electrons. The van der Waals surface area contributed by atoms with E-state index in [-0.39, 0.29) is 29.1 Å². The van der Waals surface area contributed by atoms with Crippen LogP contribution in [0.3, 0.4) is 0 Å². The quantitative estimate of drug-likeness (QED) is 0.265. The van der Waals surface area contributed by atoms with Crippen molar-refractivity contribution in [2.45, 2.75) is 43.2 Å². The molecule has 3 nitrogen and oxygen atoms in total. The van der Waals surface area contributed by atoms with Gasteiger partial charge in [-0.05, 0) is 18.9 Å². The van der Waals surface area contributed by atoms with Gasteiger partial charge in [0, 0.05) is 19.3 Å². The second-order valence-corrected chi connectivity index (χ2v) is 7.13. The number of nitrogens with zero attached hydrogens (tertiary/aromatic N) is 1. The van der Waals surface area contributed by atoms with Crippen LogP contribution in [0.2, 0.25) is 0 Å². The summed E-state index contributed by atoms with van der Waals surface area (Å²) in [5, 5.41) is 21.2. The van der Waals surface area contributed by atoms with Crippen molar-refractivity contribution < 1.29 is 31.7 Å². The first-order valence-electron chi connectivity index (χ1n) is 9.23. The molecule has 0 aromatic rings. The topological polar surface area (TPSA) is 40.5 Å². The van der Waals surface area contributed by atoms with E-state index in [0.29, 0.717) is 37.0 Å². The summed E-state index contributed by atoms with van der Waals surface area (Å²) in [5.41, 5.74) is -1.30. The van der Waals surface area contributed by atoms with Gasteiger partial charge in [0.15, 0.2) is 0 Å². The number of halogens is 1. The Hall–Kier alpha value is -1.20. The fraction of sp³-hybridized carbons (Fsp3) is 0.478. The van der Waals surface area contributed by atoms with Crippen LogP contribution in [0.1, 0.15) is 32.1 Å². The third kappa shape index (κ3) is 7.38. The molecule has 0 heterocycles. The van der Waals surface area contributed by atoms with Crippen molar-refractivity contribution in [1.82, 2.24) is 0 Å². The smallest absolute Gasteiger partial charge is 0.120 e. The van der Waals surface area contributed by atoms with Gasteiger partial charge >= 0.3 is 0 Å². The summed E-state index contributed by atoms with van der Waals surface area (Å²) in [6, 6.07) is 0. The average Bonchev–Trinajstić information content (AvgIpc) is 2.56. The van der Waals surface area contributed by atoms with E-state index in [2.05, 4.69) is 39.5 Å². The van der Waals surface area contributed by atoms with Crippen molar-refractivity contribution in [2.24, 2.45) is 0 Å². The number of hydrogen-bond acceptors (Lipinski definition) is 2. The fourth-order valence-electron chi connectivity index (χ4n) is 4.22. The van der Waals surface area contributed by atoms with Crippen molar-refractivity contribution in [3.8, 4) is 0 Å². The Kier molecular flexibility index (Phi) is 14.4. The lowest BCUT2D eigenvalue weighted by atomic mass is 9.80. The Morgan fingerprint density at radius 3 is 1.41 bits per heavy atom. The molecule has 1 unspecified atom stereocenters. The normalized spacial score (nSPS) is 13.6. The number of hydrogen-bond donors (Lipinski definition) is 2. The summed E-state index contributed by atoms with van der Waals surface area (Å²) in [5.74, 6) is 0. The van der Waals surface area contributed by atoms with Gasteiger partial charge in [-0.15, -0.1) is 32.9 Å². The molecule has 0 aromatic heterocycles. The van der Waals surface area contributed by atoms with Gasteiger partial charge < -0.3 is 31.7 Å². The molecule has 0 spiro atoms. The lowest BCUT2D eigenvalue weighted by molar-refractivity contribution is -0.976. The molecule has 0 saturated heterocycles. The van der Waals surface area contributed by atoms with Crippen molar-refractivity contribution in [1.29, 1.82) is 0 Å². The summed E-state index contributed by atoms with van der Waals surface area (Å²) >= 11 is 0. The Balaban J connectivity index is 0. The van der Waals surface area contributed by atoms with Crippen LogP contribution in [0.5, 0.6) is 0 Å². The summed E-state index contributed by atoms with van der Waals surface area (Å²) in [6.45, 7) is 25.0. The largest absolute Gasteiger partial charge is 1.00 e. The van der Waals surface area contributed by atoms with E-state index in [1.54, 1.807) is 12.2 Å². The second kappa shape index (κ2) is 13.9. The molecule has 0 bridgehead atoms. The van der Waals surface area contributed by atoms with Crippen molar-refractivity contribution in [2.75, 3.05) is 26.2 Å². The number of aliphatic hydroxyl groups is 2. The molecular formula is C23H38BrNO2. The molecule has 0 aliphatic heterocycles. The van der Waals surface area contributed by atoms with Gasteiger partial charge in [-0.25, -0.2) is 0 Å². The monoisotopic (exact) mass is 439 g/mol. The molecule has 0 rings (SSSR count). The van der Waals surface area contributed by atoms with E-state index >= 15 is 0 Å². The Bertz CT molecular complexity index is 464. The van der Waals surface area contributed by atoms with Gasteiger partial charge in [0.25, 0.3) is 0 Å². The summed E-state index contributed by atoms with van der Waals surface area (Å²) in [7, 11) is 0. The van der Waals surface area contributed by atoms with Crippen LogP contribution in [0.25, 0.3) is 0 Å². The molecule has 2 N–H and O–H groups in total. The SMILES string of the molecule is C=CCC(O)(CC=C)C[N+](CC=C)(CCO)C(CC=C)(CC=C)CC=C.[Br-]. The fourth-order valence-corrected chi connectivity index (χ4v) is 4.22. The lowest BCUT2D eigenvalue weighted by Crippen LogP contribution is -3.00. The zero-order valence-corrected chi connectivity index (χ0v) is 18.4. The van der Waals surface area contributed by atoms with Crippen molar-refractivity contribution >= 4 is 0 Å². The van der Waals surface area contributed by atoms with Crippen LogP contribution in [-0.2, 0) is 0 Å². The first kappa shape index (κ1) is 28.0. The zero-order valence-electron chi connectivity index (χ0n) is 16.8. The number of aliphatic hydroxyl groups excluding tert-OH is 1. The minimum atomic E-state index is -0.990. The molecule has 0 aliphatic rings. The zero-order chi connectivity index (χ0) is 20.1. The van der Waals surface area contributed by atoms with E-state index < -0.39 is 5.60 Å². The highest BCUT2D eigenvalue weighted by Gasteiger charge is 2.51. The highest BCUT2D eigenvalue weighted by Crippen LogP contribution is 2.39. The van der Waals surface area contributed by atoms with Crippen LogP contribution >= 0.6 is 0 Å². The highest BCUT2D eigenvalue weighted by atomic mass is 79.9. The lowest BCUT2D eigenvalue weighted by Gasteiger charge is -2.55. The number of rotatable bonds is 17. The summed E-state index contributed by atoms with van der Waals surface area (Å²) in [4.78, 5) is 0. The predicted octanol–water partition coefficient (Wildman–Crippen LogP) is 1.34. The third-order valence-corrected chi connectivity index (χ3v) is 5.23. The van der Waals surface area contributed by atoms with E-state index in [1.165, 1.54) is 0 Å². The van der Waals surface area contributed by atoms with Crippen LogP contribution in [0, 0.1) is 0 Å². The highest BCUT2D eigenvalue weighted by molar-refractivity contribution is 5.01. The predicted molar refractivity (Wildman–Crippen MR) is 114 cm³/mol. The molecular weight excluding hydrogens is 402 g/mol. The van der Waals surface area contributed by atoms with E-state index in [9.17, 15) is 10.2 Å². The maximum atomic E-state index is 11.3. The Morgan fingerprint density at radius 1 is 0.704 bits per heavy atom. The molecule has 0 saturated carbocycles. The van der Waals surface area contributed by atoms with Crippen molar-refractivity contribution in [3.05, 3.63) is 75.9 Å². The summed E-state index contributed by atoms with van der Waals surface area (Å²) in [6.07, 6.45) is 14.1. The molecule has 0 radical (unpaired) electrons. The van der Waals surface area contributed by atoms with Crippen molar-refractivity contribution in [3.63, 3.8) is 0 Å². The van der Waals surface area contributed by atoms with Gasteiger partial charge in [0.2, 0.25) is 0 Å². The van der Waals surface area contributed by atoms with Crippen LogP contribution in [-0.4, -0.2) is 52.1 Å². The first-order valence-corrected chi connectivity index (χ1v) is 9.23. The minimum Gasteiger partial charge on any atom is -1.00 e. The molecule has 0 amide bonds. The standard InChI is InChI=1S/C23H38NO2.BrH/c1-7-13-22(14-8-2,15-9-3)24(18-12-6,19-20-25)21-23(26,16-10-4)17-11-5;/h7-12,25-26H,1-6,13-21H2;1H/q+1;/p-1. The van der Waals surface area contributed by atoms with Gasteiger partial charge in [-0.1, -0.05) is 37.0 Å². The van der Waals surface area contributed by atoms with E-state index in [0.717, 1.165) is 19.3 Å². The molecule has 27 heavy (non-hydrogen) atoms. The molecule has 4 heteroatoms. The maximum absolute atomic E-state index is 11.3. The summed E-state index contributed by atoms with van der Waals surface area (Å²) < 4.78 is 0.481. The average molecular weight is 440 g/mol. The number of quaternary nitrogens is 1. The second-order valence-electron chi connectivity index (χ2n) is 7.13. The van der Waals surface area contributed by atoms with Gasteiger partial charge in [-0.3, -0.25) is 0 Å².